The Kier molecular flexibility index (Phi) is 8.99. The first kappa shape index (κ1) is 40.5. The molecule has 0 saturated heterocycles. The quantitative estimate of drug-likeness (QED) is 0.156. The van der Waals surface area contributed by atoms with Gasteiger partial charge in [0.1, 0.15) is 0 Å². The Labute approximate surface area is 400 Å². The number of hydrogen-bond acceptors (Lipinski definition) is 0. The molecule has 2 aliphatic rings. The Morgan fingerprint density at radius 2 is 0.809 bits per heavy atom. The van der Waals surface area contributed by atoms with E-state index >= 15 is 0 Å². The van der Waals surface area contributed by atoms with Crippen molar-refractivity contribution in [3.05, 3.63) is 274 Å². The predicted molar refractivity (Wildman–Crippen MR) is 288 cm³/mol. The molecule has 11 aromatic carbocycles. The third-order valence-electron chi connectivity index (χ3n) is 15.8. The smallest absolute Gasteiger partial charge is 0.0616 e. The Bertz CT molecular complexity index is 3820. The zero-order chi connectivity index (χ0) is 45.9. The SMILES string of the molecule is Cc1ccc(C2(c3ccc(C)cc3)c3cc(-c4ccc5cc(C)ccc5c4)ccc3-c3c(CC4(C)c5cc(-c6ccc7cc(C)ccc7c6)ccc5-c5c4ccc4ccccc54)cccc32)cc1. The maximum atomic E-state index is 2.53. The van der Waals surface area contributed by atoms with Gasteiger partial charge in [-0.05, 0) is 174 Å². The van der Waals surface area contributed by atoms with Gasteiger partial charge in [0.25, 0.3) is 0 Å². The third-order valence-corrected chi connectivity index (χ3v) is 15.8. The molecule has 0 saturated carbocycles. The number of rotatable bonds is 6. The van der Waals surface area contributed by atoms with Crippen molar-refractivity contribution in [1.29, 1.82) is 0 Å². The maximum absolute atomic E-state index is 2.53. The highest BCUT2D eigenvalue weighted by Gasteiger charge is 2.48. The molecule has 0 aliphatic heterocycles. The van der Waals surface area contributed by atoms with Crippen molar-refractivity contribution >= 4 is 32.3 Å². The zero-order valence-electron chi connectivity index (χ0n) is 39.4. The summed E-state index contributed by atoms with van der Waals surface area (Å²) in [6.45, 7) is 11.3. The van der Waals surface area contributed by atoms with Crippen molar-refractivity contribution in [3.63, 3.8) is 0 Å². The van der Waals surface area contributed by atoms with Crippen molar-refractivity contribution in [3.8, 4) is 44.5 Å². The van der Waals surface area contributed by atoms with Crippen LogP contribution in [0.15, 0.2) is 212 Å². The molecule has 1 atom stereocenters. The van der Waals surface area contributed by atoms with Gasteiger partial charge in [0.15, 0.2) is 0 Å². The van der Waals surface area contributed by atoms with Gasteiger partial charge < -0.3 is 0 Å². The van der Waals surface area contributed by atoms with E-state index in [1.807, 2.05) is 0 Å². The molecule has 0 nitrogen and oxygen atoms in total. The third kappa shape index (κ3) is 6.06. The van der Waals surface area contributed by atoms with E-state index in [1.54, 1.807) is 0 Å². The van der Waals surface area contributed by atoms with Crippen molar-refractivity contribution in [2.24, 2.45) is 0 Å². The minimum absolute atomic E-state index is 0.323. The standard InChI is InChI=1S/C68H52/c1-42-15-28-56(29-16-42)68(57-30-17-43(2)18-31-57)62-12-8-10-55(65(62)60-33-26-54(40-64(60)68)52-24-22-48-36-45(4)14-20-50(48)38-52)41-67(5)61-34-27-46-9-6-7-11-58(46)66(61)59-32-25-53(39-63(59)67)51-23-21-47-35-44(3)13-19-49(47)37-51/h6-40H,41H2,1-5H3. The van der Waals surface area contributed by atoms with Gasteiger partial charge in [-0.2, -0.15) is 0 Å². The second-order valence-corrected chi connectivity index (χ2v) is 20.2. The lowest BCUT2D eigenvalue weighted by Crippen LogP contribution is -2.29. The van der Waals surface area contributed by atoms with Crippen LogP contribution in [0.5, 0.6) is 0 Å². The number of benzene rings is 11. The molecule has 0 spiro atoms. The van der Waals surface area contributed by atoms with Crippen LogP contribution in [0.25, 0.3) is 76.8 Å². The minimum atomic E-state index is -0.545. The molecule has 0 heteroatoms. The predicted octanol–water partition coefficient (Wildman–Crippen LogP) is 17.6. The van der Waals surface area contributed by atoms with E-state index in [1.165, 1.54) is 138 Å². The van der Waals surface area contributed by atoms with Gasteiger partial charge in [-0.1, -0.05) is 217 Å². The first-order chi connectivity index (χ1) is 33.2. The molecule has 324 valence electrons. The van der Waals surface area contributed by atoms with Gasteiger partial charge in [0.2, 0.25) is 0 Å². The highest BCUT2D eigenvalue weighted by atomic mass is 14.5. The summed E-state index contributed by atoms with van der Waals surface area (Å²) in [7, 11) is 0. The van der Waals surface area contributed by atoms with Crippen LogP contribution in [0, 0.1) is 27.7 Å². The Balaban J connectivity index is 1.05. The minimum Gasteiger partial charge on any atom is -0.0616 e. The van der Waals surface area contributed by atoms with Crippen LogP contribution in [-0.2, 0) is 17.3 Å². The Hall–Kier alpha value is -7.80. The second kappa shape index (κ2) is 15.1. The summed E-state index contributed by atoms with van der Waals surface area (Å²) in [4.78, 5) is 0. The van der Waals surface area contributed by atoms with E-state index in [0.717, 1.165) is 6.42 Å². The van der Waals surface area contributed by atoms with E-state index in [9.17, 15) is 0 Å². The molecule has 0 N–H and O–H groups in total. The second-order valence-electron chi connectivity index (χ2n) is 20.2. The topological polar surface area (TPSA) is 0 Å². The van der Waals surface area contributed by atoms with Crippen LogP contribution in [-0.4, -0.2) is 0 Å². The van der Waals surface area contributed by atoms with Crippen molar-refractivity contribution in [1.82, 2.24) is 0 Å². The summed E-state index contributed by atoms with van der Waals surface area (Å²) >= 11 is 0. The summed E-state index contributed by atoms with van der Waals surface area (Å²) in [6.07, 6.45) is 0.845. The molecular formula is C68H52. The normalized spacial score (nSPS) is 15.4. The van der Waals surface area contributed by atoms with Gasteiger partial charge in [-0.15, -0.1) is 0 Å². The van der Waals surface area contributed by atoms with E-state index in [-0.39, 0.29) is 5.41 Å². The average molecular weight is 869 g/mol. The molecule has 2 aliphatic carbocycles. The van der Waals surface area contributed by atoms with E-state index in [4.69, 9.17) is 0 Å². The van der Waals surface area contributed by atoms with Gasteiger partial charge in [-0.25, -0.2) is 0 Å². The summed E-state index contributed by atoms with van der Waals surface area (Å²) in [5, 5.41) is 7.69. The van der Waals surface area contributed by atoms with Crippen LogP contribution in [0.4, 0.5) is 0 Å². The van der Waals surface area contributed by atoms with E-state index < -0.39 is 5.41 Å². The molecule has 68 heavy (non-hydrogen) atoms. The summed E-state index contributed by atoms with van der Waals surface area (Å²) < 4.78 is 0. The lowest BCUT2D eigenvalue weighted by molar-refractivity contribution is 0.584. The molecule has 13 rings (SSSR count). The van der Waals surface area contributed by atoms with E-state index in [0.29, 0.717) is 0 Å². The van der Waals surface area contributed by atoms with Gasteiger partial charge in [-0.3, -0.25) is 0 Å². The molecule has 1 unspecified atom stereocenters. The fourth-order valence-corrected chi connectivity index (χ4v) is 12.4. The van der Waals surface area contributed by atoms with E-state index in [2.05, 4.69) is 247 Å². The molecule has 0 aromatic heterocycles. The van der Waals surface area contributed by atoms with Crippen molar-refractivity contribution in [2.75, 3.05) is 0 Å². The molecule has 0 radical (unpaired) electrons. The van der Waals surface area contributed by atoms with Gasteiger partial charge >= 0.3 is 0 Å². The zero-order valence-corrected chi connectivity index (χ0v) is 39.4. The summed E-state index contributed by atoms with van der Waals surface area (Å²) in [5.74, 6) is 0. The maximum Gasteiger partial charge on any atom is 0.0713 e. The molecule has 0 amide bonds. The average Bonchev–Trinajstić information content (AvgIpc) is 3.80. The van der Waals surface area contributed by atoms with Crippen LogP contribution < -0.4 is 0 Å². The molecule has 11 aromatic rings. The monoisotopic (exact) mass is 868 g/mol. The van der Waals surface area contributed by atoms with Crippen molar-refractivity contribution < 1.29 is 0 Å². The lowest BCUT2D eigenvalue weighted by atomic mass is 9.67. The van der Waals surface area contributed by atoms with Crippen LogP contribution in [0.3, 0.4) is 0 Å². The van der Waals surface area contributed by atoms with Crippen LogP contribution >= 0.6 is 0 Å². The number of aryl methyl sites for hydroxylation is 4. The fourth-order valence-electron chi connectivity index (χ4n) is 12.4. The Morgan fingerprint density at radius 3 is 1.43 bits per heavy atom. The van der Waals surface area contributed by atoms with Crippen molar-refractivity contribution in [2.45, 2.75) is 51.9 Å². The molecular weight excluding hydrogens is 817 g/mol. The fraction of sp³-hybridized carbons (Fsp3) is 0.118. The lowest BCUT2D eigenvalue weighted by Gasteiger charge is -2.35. The number of fused-ring (bicyclic) bond motifs is 10. The Morgan fingerprint density at radius 1 is 0.324 bits per heavy atom. The van der Waals surface area contributed by atoms with Gasteiger partial charge in [0, 0.05) is 5.41 Å². The summed E-state index contributed by atoms with van der Waals surface area (Å²) in [6, 6.07) is 81.8. The summed E-state index contributed by atoms with van der Waals surface area (Å²) in [5.41, 5.74) is 24.0. The molecule has 0 heterocycles. The number of hydrogen-bond donors (Lipinski definition) is 0. The molecule has 0 bridgehead atoms. The first-order valence-corrected chi connectivity index (χ1v) is 24.3. The van der Waals surface area contributed by atoms with Crippen LogP contribution in [0.2, 0.25) is 0 Å². The highest BCUT2D eigenvalue weighted by molar-refractivity contribution is 6.03. The van der Waals surface area contributed by atoms with Crippen LogP contribution in [0.1, 0.15) is 68.1 Å². The first-order valence-electron chi connectivity index (χ1n) is 24.3. The van der Waals surface area contributed by atoms with Gasteiger partial charge in [0.05, 0.1) is 5.41 Å². The molecule has 0 fully saturated rings. The highest BCUT2D eigenvalue weighted by Crippen LogP contribution is 2.60. The largest absolute Gasteiger partial charge is 0.0713 e.